The van der Waals surface area contributed by atoms with Crippen LogP contribution in [0.25, 0.3) is 22.3 Å². The summed E-state index contributed by atoms with van der Waals surface area (Å²) in [6, 6.07) is 10.6. The summed E-state index contributed by atoms with van der Waals surface area (Å²) in [6.45, 7) is 1.38. The molecule has 0 saturated heterocycles. The van der Waals surface area contributed by atoms with Crippen LogP contribution in [-0.2, 0) is 11.3 Å². The number of likely N-dealkylation sites (N-methyl/N-ethyl adjacent to an activating group) is 1. The Kier molecular flexibility index (Phi) is 5.57. The van der Waals surface area contributed by atoms with E-state index in [0.717, 1.165) is 4.68 Å². The lowest BCUT2D eigenvalue weighted by atomic mass is 10.1. The molecule has 10 nitrogen and oxygen atoms in total. The summed E-state index contributed by atoms with van der Waals surface area (Å²) >= 11 is 6.15. The van der Waals surface area contributed by atoms with Crippen LogP contribution in [0.3, 0.4) is 0 Å². The van der Waals surface area contributed by atoms with Crippen LogP contribution in [0, 0.1) is 11.3 Å². The van der Waals surface area contributed by atoms with Crippen LogP contribution >= 0.6 is 11.6 Å². The molecule has 0 atom stereocenters. The molecular weight excluding hydrogens is 498 g/mol. The summed E-state index contributed by atoms with van der Waals surface area (Å²) in [4.78, 5) is 34.4. The van der Waals surface area contributed by atoms with Crippen molar-refractivity contribution in [2.45, 2.75) is 19.8 Å². The van der Waals surface area contributed by atoms with E-state index >= 15 is 0 Å². The predicted octanol–water partition coefficient (Wildman–Crippen LogP) is 3.69. The van der Waals surface area contributed by atoms with E-state index in [1.807, 2.05) is 6.07 Å². The number of nitriles is 1. The second kappa shape index (κ2) is 8.62. The molecule has 5 rings (SSSR count). The molecule has 1 N–H and O–H groups in total. The minimum Gasteiger partial charge on any atom is -0.395 e. The highest BCUT2D eigenvalue weighted by molar-refractivity contribution is 6.31. The number of aromatic nitrogens is 4. The van der Waals surface area contributed by atoms with Crippen molar-refractivity contribution in [1.82, 2.24) is 19.7 Å². The molecule has 36 heavy (non-hydrogen) atoms. The molecule has 3 heterocycles. The van der Waals surface area contributed by atoms with Crippen molar-refractivity contribution in [1.29, 1.82) is 5.26 Å². The zero-order valence-electron chi connectivity index (χ0n) is 18.5. The summed E-state index contributed by atoms with van der Waals surface area (Å²) in [5.74, 6) is -0.909. The maximum absolute atomic E-state index is 13.4. The molecule has 1 aliphatic heterocycles. The number of carbonyl (C=O) groups is 1. The van der Waals surface area contributed by atoms with Crippen LogP contribution in [0.2, 0.25) is 5.02 Å². The second-order valence-electron chi connectivity index (χ2n) is 7.71. The van der Waals surface area contributed by atoms with Crippen LogP contribution in [0.15, 0.2) is 47.5 Å². The summed E-state index contributed by atoms with van der Waals surface area (Å²) in [5.41, 5.74) is 1.00. The first-order valence-electron chi connectivity index (χ1n) is 10.5. The molecule has 4 aromatic rings. The van der Waals surface area contributed by atoms with Gasteiger partial charge in [-0.1, -0.05) is 11.6 Å². The van der Waals surface area contributed by atoms with Gasteiger partial charge in [-0.15, -0.1) is 8.78 Å². The number of benzene rings is 2. The Bertz CT molecular complexity index is 1630. The summed E-state index contributed by atoms with van der Waals surface area (Å²) in [5, 5.41) is 13.9. The number of carbonyl (C=O) groups excluding carboxylic acids is 1. The number of imidazole rings is 1. The topological polar surface area (TPSA) is 126 Å². The number of hydrogen-bond acceptors (Lipinski definition) is 7. The highest BCUT2D eigenvalue weighted by atomic mass is 35.5. The zero-order valence-corrected chi connectivity index (χ0v) is 19.2. The van der Waals surface area contributed by atoms with Crippen LogP contribution < -0.4 is 19.9 Å². The van der Waals surface area contributed by atoms with E-state index in [9.17, 15) is 23.6 Å². The standard InChI is InChI=1S/C23H15ClF2N6O4/c1-2-31(15-3-4-16-17(8-15)36-23(25,26)35-16)18(33)10-32-22(34)21-20(28-11-29-21)19(30-32)13-5-12(9-27)6-14(24)7-13/h3-8,11H,2,10H2,1H3,(H,28,29). The van der Waals surface area contributed by atoms with Gasteiger partial charge in [-0.05, 0) is 37.3 Å². The van der Waals surface area contributed by atoms with Gasteiger partial charge >= 0.3 is 6.29 Å². The number of H-pyrrole nitrogens is 1. The number of nitrogens with one attached hydrogen (secondary N) is 1. The first-order chi connectivity index (χ1) is 17.2. The fraction of sp³-hybridized carbons (Fsp3) is 0.174. The molecule has 13 heteroatoms. The van der Waals surface area contributed by atoms with Crippen molar-refractivity contribution in [3.05, 3.63) is 63.7 Å². The molecule has 0 spiro atoms. The highest BCUT2D eigenvalue weighted by Gasteiger charge is 2.43. The van der Waals surface area contributed by atoms with Crippen LogP contribution in [0.4, 0.5) is 14.5 Å². The third-order valence-corrected chi connectivity index (χ3v) is 5.65. The number of alkyl halides is 2. The number of nitrogens with zero attached hydrogens (tertiary/aromatic N) is 5. The third kappa shape index (κ3) is 4.09. The summed E-state index contributed by atoms with van der Waals surface area (Å²) in [6.07, 6.45) is -2.47. The van der Waals surface area contributed by atoms with Crippen molar-refractivity contribution in [2.24, 2.45) is 0 Å². The largest absolute Gasteiger partial charge is 0.586 e. The Morgan fingerprint density at radius 3 is 2.78 bits per heavy atom. The van der Waals surface area contributed by atoms with Crippen molar-refractivity contribution < 1.29 is 23.0 Å². The number of fused-ring (bicyclic) bond motifs is 2. The SMILES string of the molecule is CCN(C(=O)Cn1nc(-c2cc(Cl)cc(C#N)c2)c2[nH]cnc2c1=O)c1ccc2c(c1)OC(F)(F)O2. The van der Waals surface area contributed by atoms with Gasteiger partial charge in [-0.25, -0.2) is 9.67 Å². The molecule has 2 aromatic carbocycles. The van der Waals surface area contributed by atoms with Gasteiger partial charge in [-0.3, -0.25) is 9.59 Å². The Morgan fingerprint density at radius 2 is 2.03 bits per heavy atom. The van der Waals surface area contributed by atoms with Crippen molar-refractivity contribution in [3.63, 3.8) is 0 Å². The van der Waals surface area contributed by atoms with Crippen molar-refractivity contribution in [2.75, 3.05) is 11.4 Å². The van der Waals surface area contributed by atoms with Gasteiger partial charge in [-0.2, -0.15) is 10.4 Å². The van der Waals surface area contributed by atoms with E-state index in [4.69, 9.17) is 11.6 Å². The van der Waals surface area contributed by atoms with Gasteiger partial charge in [0.15, 0.2) is 17.0 Å². The highest BCUT2D eigenvalue weighted by Crippen LogP contribution is 2.42. The fourth-order valence-electron chi connectivity index (χ4n) is 3.90. The molecule has 0 radical (unpaired) electrons. The number of hydrogen-bond donors (Lipinski definition) is 1. The number of ether oxygens (including phenoxy) is 2. The van der Waals surface area contributed by atoms with E-state index < -0.39 is 24.3 Å². The predicted molar refractivity (Wildman–Crippen MR) is 124 cm³/mol. The fourth-order valence-corrected chi connectivity index (χ4v) is 4.13. The van der Waals surface area contributed by atoms with Gasteiger partial charge in [0.2, 0.25) is 5.91 Å². The molecule has 1 amide bonds. The van der Waals surface area contributed by atoms with E-state index in [1.165, 1.54) is 35.5 Å². The van der Waals surface area contributed by atoms with Gasteiger partial charge in [0.25, 0.3) is 5.56 Å². The normalized spacial score (nSPS) is 13.5. The van der Waals surface area contributed by atoms with Crippen LogP contribution in [0.1, 0.15) is 12.5 Å². The Labute approximate surface area is 206 Å². The molecule has 0 bridgehead atoms. The van der Waals surface area contributed by atoms with E-state index in [1.54, 1.807) is 19.1 Å². The van der Waals surface area contributed by atoms with Crippen molar-refractivity contribution >= 4 is 34.2 Å². The number of amides is 1. The van der Waals surface area contributed by atoms with Crippen LogP contribution in [0.5, 0.6) is 11.5 Å². The number of halogens is 3. The quantitative estimate of drug-likeness (QED) is 0.432. The average Bonchev–Trinajstić information content (AvgIpc) is 3.44. The molecule has 182 valence electrons. The average molecular weight is 513 g/mol. The first kappa shape index (κ1) is 23.3. The Hall–Kier alpha value is -4.50. The molecule has 0 fully saturated rings. The van der Waals surface area contributed by atoms with Crippen molar-refractivity contribution in [3.8, 4) is 28.8 Å². The molecule has 0 saturated carbocycles. The van der Waals surface area contributed by atoms with E-state index in [2.05, 4.69) is 24.5 Å². The number of aromatic amines is 1. The molecule has 2 aromatic heterocycles. The molecular formula is C23H15ClF2N6O4. The molecule has 0 aliphatic carbocycles. The number of rotatable bonds is 5. The molecule has 1 aliphatic rings. The van der Waals surface area contributed by atoms with Gasteiger partial charge < -0.3 is 19.4 Å². The monoisotopic (exact) mass is 512 g/mol. The van der Waals surface area contributed by atoms with Gasteiger partial charge in [0.1, 0.15) is 12.2 Å². The Morgan fingerprint density at radius 1 is 1.25 bits per heavy atom. The summed E-state index contributed by atoms with van der Waals surface area (Å²) < 4.78 is 36.6. The van der Waals surface area contributed by atoms with Crippen LogP contribution in [-0.4, -0.2) is 38.5 Å². The lowest BCUT2D eigenvalue weighted by Crippen LogP contribution is -2.37. The van der Waals surface area contributed by atoms with E-state index in [-0.39, 0.29) is 45.5 Å². The lowest BCUT2D eigenvalue weighted by molar-refractivity contribution is -0.286. The minimum atomic E-state index is -3.79. The maximum atomic E-state index is 13.4. The minimum absolute atomic E-state index is 0.0413. The number of anilines is 1. The smallest absolute Gasteiger partial charge is 0.395 e. The molecule has 0 unspecified atom stereocenters. The second-order valence-corrected chi connectivity index (χ2v) is 8.15. The summed E-state index contributed by atoms with van der Waals surface area (Å²) in [7, 11) is 0. The Balaban J connectivity index is 1.52. The third-order valence-electron chi connectivity index (χ3n) is 5.43. The first-order valence-corrected chi connectivity index (χ1v) is 10.9. The van der Waals surface area contributed by atoms with E-state index in [0.29, 0.717) is 11.1 Å². The van der Waals surface area contributed by atoms with Gasteiger partial charge in [0, 0.05) is 28.9 Å². The maximum Gasteiger partial charge on any atom is 0.586 e. The lowest BCUT2D eigenvalue weighted by Gasteiger charge is -2.21. The zero-order chi connectivity index (χ0) is 25.6. The van der Waals surface area contributed by atoms with Gasteiger partial charge in [0.05, 0.1) is 23.5 Å².